The summed E-state index contributed by atoms with van der Waals surface area (Å²) in [5.41, 5.74) is 1.12. The van der Waals surface area contributed by atoms with Gasteiger partial charge in [-0.2, -0.15) is 0 Å². The molecule has 2 fully saturated rings. The molecule has 2 amide bonds. The molecule has 7 heteroatoms. The molecule has 0 aromatic heterocycles. The topological polar surface area (TPSA) is 65.1 Å². The largest absolute Gasteiger partial charge is 0.379 e. The third-order valence-corrected chi connectivity index (χ3v) is 5.30. The number of rotatable bonds is 6. The van der Waals surface area contributed by atoms with Crippen LogP contribution in [0.3, 0.4) is 0 Å². The SMILES string of the molecule is CCN1CCN(C(=O)c2cccc(C(=O)NCCN3CCOCC3)c2)CC1. The zero-order valence-electron chi connectivity index (χ0n) is 16.2. The standard InChI is InChI=1S/C20H30N4O3/c1-2-22-8-10-24(11-9-22)20(26)18-5-3-4-17(16-18)19(25)21-6-7-23-12-14-27-15-13-23/h3-5,16H,2,6-15H2,1H3,(H,21,25). The molecule has 27 heavy (non-hydrogen) atoms. The van der Waals surface area contributed by atoms with Gasteiger partial charge in [0.25, 0.3) is 11.8 Å². The summed E-state index contributed by atoms with van der Waals surface area (Å²) in [6.45, 7) is 11.2. The van der Waals surface area contributed by atoms with Crippen molar-refractivity contribution in [1.82, 2.24) is 20.0 Å². The van der Waals surface area contributed by atoms with Crippen molar-refractivity contribution in [3.8, 4) is 0 Å². The molecule has 0 atom stereocenters. The Bertz CT molecular complexity index is 638. The molecular weight excluding hydrogens is 344 g/mol. The highest BCUT2D eigenvalue weighted by molar-refractivity contribution is 5.99. The molecule has 0 spiro atoms. The fourth-order valence-electron chi connectivity index (χ4n) is 3.50. The van der Waals surface area contributed by atoms with E-state index in [1.54, 1.807) is 24.3 Å². The number of carbonyl (C=O) groups is 2. The highest BCUT2D eigenvalue weighted by Crippen LogP contribution is 2.11. The van der Waals surface area contributed by atoms with Crippen LogP contribution < -0.4 is 5.32 Å². The first-order valence-electron chi connectivity index (χ1n) is 9.87. The van der Waals surface area contributed by atoms with E-state index in [1.807, 2.05) is 4.90 Å². The van der Waals surface area contributed by atoms with Crippen LogP contribution in [0.15, 0.2) is 24.3 Å². The van der Waals surface area contributed by atoms with Crippen molar-refractivity contribution in [3.05, 3.63) is 35.4 Å². The lowest BCUT2D eigenvalue weighted by atomic mass is 10.1. The molecule has 1 aromatic rings. The van der Waals surface area contributed by atoms with Crippen LogP contribution in [-0.4, -0.2) is 98.6 Å². The van der Waals surface area contributed by atoms with Crippen LogP contribution in [0, 0.1) is 0 Å². The van der Waals surface area contributed by atoms with Crippen LogP contribution in [0.2, 0.25) is 0 Å². The molecule has 0 aliphatic carbocycles. The lowest BCUT2D eigenvalue weighted by Crippen LogP contribution is -2.48. The molecule has 0 radical (unpaired) electrons. The number of nitrogens with one attached hydrogen (secondary N) is 1. The summed E-state index contributed by atoms with van der Waals surface area (Å²) in [4.78, 5) is 31.7. The van der Waals surface area contributed by atoms with Crippen molar-refractivity contribution in [2.75, 3.05) is 72.1 Å². The van der Waals surface area contributed by atoms with Gasteiger partial charge in [-0.1, -0.05) is 13.0 Å². The minimum atomic E-state index is -0.131. The number of benzene rings is 1. The van der Waals surface area contributed by atoms with Crippen molar-refractivity contribution in [2.45, 2.75) is 6.92 Å². The normalized spacial score (nSPS) is 19.1. The highest BCUT2D eigenvalue weighted by atomic mass is 16.5. The van der Waals surface area contributed by atoms with E-state index in [-0.39, 0.29) is 11.8 Å². The van der Waals surface area contributed by atoms with Gasteiger partial charge in [-0.05, 0) is 24.7 Å². The Labute approximate surface area is 161 Å². The van der Waals surface area contributed by atoms with Gasteiger partial charge < -0.3 is 19.9 Å². The predicted octanol–water partition coefficient (Wildman–Crippen LogP) is 0.526. The third kappa shape index (κ3) is 5.51. The molecule has 2 aliphatic heterocycles. The van der Waals surface area contributed by atoms with Crippen LogP contribution in [0.25, 0.3) is 0 Å². The maximum Gasteiger partial charge on any atom is 0.253 e. The number of ether oxygens (including phenoxy) is 1. The van der Waals surface area contributed by atoms with Gasteiger partial charge >= 0.3 is 0 Å². The van der Waals surface area contributed by atoms with E-state index in [0.717, 1.165) is 65.6 Å². The number of likely N-dealkylation sites (N-methyl/N-ethyl adjacent to an activating group) is 1. The van der Waals surface area contributed by atoms with Crippen molar-refractivity contribution in [2.24, 2.45) is 0 Å². The molecular formula is C20H30N4O3. The molecule has 148 valence electrons. The molecule has 0 saturated carbocycles. The summed E-state index contributed by atoms with van der Waals surface area (Å²) < 4.78 is 5.33. The fraction of sp³-hybridized carbons (Fsp3) is 0.600. The smallest absolute Gasteiger partial charge is 0.253 e. The summed E-state index contributed by atoms with van der Waals surface area (Å²) in [5.74, 6) is -0.123. The highest BCUT2D eigenvalue weighted by Gasteiger charge is 2.22. The first-order chi connectivity index (χ1) is 13.2. The lowest BCUT2D eigenvalue weighted by molar-refractivity contribution is 0.0383. The molecule has 0 bridgehead atoms. The van der Waals surface area contributed by atoms with Gasteiger partial charge in [0.15, 0.2) is 0 Å². The Kier molecular flexibility index (Phi) is 7.20. The maximum atomic E-state index is 12.7. The van der Waals surface area contributed by atoms with Crippen molar-refractivity contribution < 1.29 is 14.3 Å². The first kappa shape index (κ1) is 19.8. The zero-order valence-corrected chi connectivity index (χ0v) is 16.2. The number of amides is 2. The van der Waals surface area contributed by atoms with E-state index in [4.69, 9.17) is 4.74 Å². The number of hydrogen-bond acceptors (Lipinski definition) is 5. The molecule has 2 saturated heterocycles. The summed E-state index contributed by atoms with van der Waals surface area (Å²) in [7, 11) is 0. The quantitative estimate of drug-likeness (QED) is 0.787. The van der Waals surface area contributed by atoms with E-state index >= 15 is 0 Å². The number of piperazine rings is 1. The molecule has 0 unspecified atom stereocenters. The van der Waals surface area contributed by atoms with E-state index in [2.05, 4.69) is 22.0 Å². The van der Waals surface area contributed by atoms with E-state index in [0.29, 0.717) is 17.7 Å². The average Bonchev–Trinajstić information content (AvgIpc) is 2.74. The third-order valence-electron chi connectivity index (χ3n) is 5.30. The van der Waals surface area contributed by atoms with Crippen LogP contribution in [-0.2, 0) is 4.74 Å². The predicted molar refractivity (Wildman–Crippen MR) is 104 cm³/mol. The Balaban J connectivity index is 1.51. The summed E-state index contributed by atoms with van der Waals surface area (Å²) in [5, 5.41) is 2.95. The Morgan fingerprint density at radius 2 is 1.70 bits per heavy atom. The van der Waals surface area contributed by atoms with E-state index in [9.17, 15) is 9.59 Å². The first-order valence-corrected chi connectivity index (χ1v) is 9.87. The molecule has 2 heterocycles. The number of carbonyl (C=O) groups excluding carboxylic acids is 2. The second-order valence-corrected chi connectivity index (χ2v) is 7.02. The Morgan fingerprint density at radius 1 is 1.00 bits per heavy atom. The van der Waals surface area contributed by atoms with Gasteiger partial charge in [0.1, 0.15) is 0 Å². The van der Waals surface area contributed by atoms with Gasteiger partial charge in [0, 0.05) is 63.5 Å². The molecule has 1 aromatic carbocycles. The maximum absolute atomic E-state index is 12.7. The van der Waals surface area contributed by atoms with Crippen LogP contribution in [0.4, 0.5) is 0 Å². The average molecular weight is 374 g/mol. The monoisotopic (exact) mass is 374 g/mol. The zero-order chi connectivity index (χ0) is 19.1. The summed E-state index contributed by atoms with van der Waals surface area (Å²) in [6.07, 6.45) is 0. The number of nitrogens with zero attached hydrogens (tertiary/aromatic N) is 3. The molecule has 3 rings (SSSR count). The van der Waals surface area contributed by atoms with Crippen molar-refractivity contribution >= 4 is 11.8 Å². The van der Waals surface area contributed by atoms with E-state index < -0.39 is 0 Å². The molecule has 2 aliphatic rings. The van der Waals surface area contributed by atoms with Gasteiger partial charge in [-0.3, -0.25) is 14.5 Å². The van der Waals surface area contributed by atoms with Gasteiger partial charge in [-0.25, -0.2) is 0 Å². The van der Waals surface area contributed by atoms with Gasteiger partial charge in [0.05, 0.1) is 13.2 Å². The minimum Gasteiger partial charge on any atom is -0.379 e. The second-order valence-electron chi connectivity index (χ2n) is 7.02. The molecule has 1 N–H and O–H groups in total. The Hall–Kier alpha value is -1.96. The van der Waals surface area contributed by atoms with Crippen LogP contribution in [0.5, 0.6) is 0 Å². The minimum absolute atomic E-state index is 0.00807. The number of hydrogen-bond donors (Lipinski definition) is 1. The second kappa shape index (κ2) is 9.82. The van der Waals surface area contributed by atoms with Crippen LogP contribution >= 0.6 is 0 Å². The Morgan fingerprint density at radius 3 is 2.41 bits per heavy atom. The molecule has 7 nitrogen and oxygen atoms in total. The summed E-state index contributed by atoms with van der Waals surface area (Å²) >= 11 is 0. The van der Waals surface area contributed by atoms with Crippen molar-refractivity contribution in [1.29, 1.82) is 0 Å². The number of morpholine rings is 1. The lowest BCUT2D eigenvalue weighted by Gasteiger charge is -2.34. The fourth-order valence-corrected chi connectivity index (χ4v) is 3.50. The van der Waals surface area contributed by atoms with Gasteiger partial charge in [0.2, 0.25) is 0 Å². The van der Waals surface area contributed by atoms with Crippen LogP contribution in [0.1, 0.15) is 27.6 Å². The van der Waals surface area contributed by atoms with Gasteiger partial charge in [-0.15, -0.1) is 0 Å². The van der Waals surface area contributed by atoms with Crippen molar-refractivity contribution in [3.63, 3.8) is 0 Å². The summed E-state index contributed by atoms with van der Waals surface area (Å²) in [6, 6.07) is 7.04. The van der Waals surface area contributed by atoms with E-state index in [1.165, 1.54) is 0 Å².